The number of rotatable bonds is 10. The first-order valence-corrected chi connectivity index (χ1v) is 11.6. The molecular formula is C26H30N4O4. The lowest BCUT2D eigenvalue weighted by molar-refractivity contribution is 0.154. The van der Waals surface area contributed by atoms with E-state index < -0.39 is 0 Å². The van der Waals surface area contributed by atoms with Crippen molar-refractivity contribution < 1.29 is 19.5 Å². The lowest BCUT2D eigenvalue weighted by atomic mass is 9.97. The van der Waals surface area contributed by atoms with E-state index in [4.69, 9.17) is 9.26 Å². The van der Waals surface area contributed by atoms with Crippen LogP contribution in [0.5, 0.6) is 5.75 Å². The summed E-state index contributed by atoms with van der Waals surface area (Å²) in [5, 5.41) is 32.4. The zero-order valence-electron chi connectivity index (χ0n) is 19.6. The Morgan fingerprint density at radius 2 is 2.00 bits per heavy atom. The smallest absolute Gasteiger partial charge is 0.258 e. The molecule has 1 atom stereocenters. The van der Waals surface area contributed by atoms with Crippen molar-refractivity contribution in [3.63, 3.8) is 0 Å². The molecule has 3 aromatic rings. The number of aromatic nitrogens is 2. The Morgan fingerprint density at radius 1 is 1.21 bits per heavy atom. The van der Waals surface area contributed by atoms with Crippen molar-refractivity contribution in [3.05, 3.63) is 53.1 Å². The molecule has 1 aromatic heterocycles. The minimum Gasteiger partial charge on any atom is -0.490 e. The van der Waals surface area contributed by atoms with Crippen molar-refractivity contribution in [3.8, 4) is 34.7 Å². The van der Waals surface area contributed by atoms with Crippen LogP contribution in [0.2, 0.25) is 0 Å². The van der Waals surface area contributed by atoms with Crippen molar-refractivity contribution in [2.24, 2.45) is 0 Å². The van der Waals surface area contributed by atoms with Gasteiger partial charge in [-0.3, -0.25) is 4.90 Å². The zero-order chi connectivity index (χ0) is 24.1. The second-order valence-electron chi connectivity index (χ2n) is 8.77. The third-order valence-corrected chi connectivity index (χ3v) is 6.08. The van der Waals surface area contributed by atoms with Crippen LogP contribution in [-0.4, -0.2) is 64.2 Å². The number of fused-ring (bicyclic) bond motifs is 1. The summed E-state index contributed by atoms with van der Waals surface area (Å²) in [4.78, 5) is 6.73. The van der Waals surface area contributed by atoms with Crippen LogP contribution in [0, 0.1) is 11.3 Å². The van der Waals surface area contributed by atoms with Gasteiger partial charge in [-0.25, -0.2) is 0 Å². The maximum atomic E-state index is 9.52. The van der Waals surface area contributed by atoms with E-state index in [-0.39, 0.29) is 19.3 Å². The summed E-state index contributed by atoms with van der Waals surface area (Å²) < 4.78 is 11.3. The number of aliphatic hydroxyl groups excluding tert-OH is 2. The van der Waals surface area contributed by atoms with Gasteiger partial charge in [-0.2, -0.15) is 10.2 Å². The van der Waals surface area contributed by atoms with Crippen LogP contribution in [0.25, 0.3) is 22.8 Å². The van der Waals surface area contributed by atoms with Crippen LogP contribution in [0.4, 0.5) is 0 Å². The average molecular weight is 463 g/mol. The van der Waals surface area contributed by atoms with Crippen molar-refractivity contribution in [2.45, 2.75) is 38.7 Å². The molecule has 0 amide bonds. The van der Waals surface area contributed by atoms with Gasteiger partial charge >= 0.3 is 0 Å². The molecule has 34 heavy (non-hydrogen) atoms. The molecule has 1 aliphatic carbocycles. The number of aliphatic hydroxyl groups is 2. The highest BCUT2D eigenvalue weighted by Gasteiger charge is 2.28. The summed E-state index contributed by atoms with van der Waals surface area (Å²) >= 11 is 0. The third-order valence-electron chi connectivity index (χ3n) is 6.08. The molecule has 1 aliphatic rings. The van der Waals surface area contributed by atoms with E-state index in [0.29, 0.717) is 47.6 Å². The fraction of sp³-hybridized carbons (Fsp3) is 0.423. The predicted octanol–water partition coefficient (Wildman–Crippen LogP) is 3.38. The van der Waals surface area contributed by atoms with Crippen LogP contribution in [0.15, 0.2) is 40.9 Å². The minimum atomic E-state index is -0.0312. The normalized spacial score (nSPS) is 15.0. The molecule has 178 valence electrons. The van der Waals surface area contributed by atoms with E-state index in [9.17, 15) is 15.5 Å². The lowest BCUT2D eigenvalue weighted by Crippen LogP contribution is -2.33. The maximum Gasteiger partial charge on any atom is 0.258 e. The van der Waals surface area contributed by atoms with Crippen molar-refractivity contribution >= 4 is 0 Å². The van der Waals surface area contributed by atoms with E-state index >= 15 is 0 Å². The van der Waals surface area contributed by atoms with Gasteiger partial charge in [0.25, 0.3) is 5.89 Å². The first kappa shape index (κ1) is 23.9. The Kier molecular flexibility index (Phi) is 7.58. The summed E-state index contributed by atoms with van der Waals surface area (Å²) in [6.45, 7) is 5.86. The third kappa shape index (κ3) is 5.12. The number of hydrogen-bond acceptors (Lipinski definition) is 8. The molecule has 0 radical (unpaired) electrons. The van der Waals surface area contributed by atoms with Gasteiger partial charge < -0.3 is 19.5 Å². The molecule has 8 heteroatoms. The lowest BCUT2D eigenvalue weighted by Gasteiger charge is -2.24. The molecule has 4 rings (SSSR count). The van der Waals surface area contributed by atoms with E-state index in [1.54, 1.807) is 12.1 Å². The quantitative estimate of drug-likeness (QED) is 0.471. The van der Waals surface area contributed by atoms with Gasteiger partial charge in [-0.15, -0.1) is 0 Å². The summed E-state index contributed by atoms with van der Waals surface area (Å²) in [5.41, 5.74) is 4.51. The van der Waals surface area contributed by atoms with E-state index in [1.165, 1.54) is 11.1 Å². The number of nitriles is 1. The topological polar surface area (TPSA) is 116 Å². The largest absolute Gasteiger partial charge is 0.490 e. The van der Waals surface area contributed by atoms with Crippen LogP contribution < -0.4 is 4.74 Å². The molecule has 2 aromatic carbocycles. The summed E-state index contributed by atoms with van der Waals surface area (Å²) in [6, 6.07) is 13.6. The van der Waals surface area contributed by atoms with E-state index in [1.807, 2.05) is 32.0 Å². The second-order valence-corrected chi connectivity index (χ2v) is 8.77. The Labute approximate surface area is 199 Å². The molecule has 1 unspecified atom stereocenters. The molecule has 8 nitrogen and oxygen atoms in total. The first-order valence-electron chi connectivity index (χ1n) is 11.6. The summed E-state index contributed by atoms with van der Waals surface area (Å²) in [5.74, 6) is 1.73. The van der Waals surface area contributed by atoms with Gasteiger partial charge in [0, 0.05) is 30.8 Å². The van der Waals surface area contributed by atoms with Crippen molar-refractivity contribution in [1.29, 1.82) is 5.26 Å². The molecule has 0 spiro atoms. The SMILES string of the molecule is CC(C)Oc1ccc(-c2nc(-c3cccc4c3CCC4CN(CCO)CCO)no2)cc1C#N. The summed E-state index contributed by atoms with van der Waals surface area (Å²) in [7, 11) is 0. The number of benzene rings is 2. The van der Waals surface area contributed by atoms with Crippen LogP contribution in [0.3, 0.4) is 0 Å². The van der Waals surface area contributed by atoms with Gasteiger partial charge in [0.2, 0.25) is 5.82 Å². The van der Waals surface area contributed by atoms with Crippen molar-refractivity contribution in [2.75, 3.05) is 32.8 Å². The molecular weight excluding hydrogens is 432 g/mol. The van der Waals surface area contributed by atoms with Crippen LogP contribution in [-0.2, 0) is 6.42 Å². The fourth-order valence-electron chi connectivity index (χ4n) is 4.59. The van der Waals surface area contributed by atoms with E-state index in [0.717, 1.165) is 24.9 Å². The highest BCUT2D eigenvalue weighted by atomic mass is 16.5. The predicted molar refractivity (Wildman–Crippen MR) is 127 cm³/mol. The number of ether oxygens (including phenoxy) is 1. The molecule has 0 aliphatic heterocycles. The maximum absolute atomic E-state index is 9.52. The van der Waals surface area contributed by atoms with Crippen molar-refractivity contribution in [1.82, 2.24) is 15.0 Å². The van der Waals surface area contributed by atoms with Gasteiger partial charge in [0.05, 0.1) is 24.9 Å². The highest BCUT2D eigenvalue weighted by Crippen LogP contribution is 2.39. The molecule has 0 saturated heterocycles. The molecule has 2 N–H and O–H groups in total. The molecule has 0 fully saturated rings. The highest BCUT2D eigenvalue weighted by molar-refractivity contribution is 5.67. The molecule has 0 bridgehead atoms. The standard InChI is InChI=1S/C26H30N4O4/c1-17(2)33-24-9-7-18(14-20(24)15-27)26-28-25(29-34-26)23-5-3-4-21-19(6-8-22(21)23)16-30(10-12-31)11-13-32/h3-5,7,9,14,17,19,31-32H,6,8,10-13,16H2,1-2H3. The van der Waals surface area contributed by atoms with Gasteiger partial charge in [0.1, 0.15) is 11.8 Å². The Bertz CT molecular complexity index is 1160. The van der Waals surface area contributed by atoms with Crippen LogP contribution in [0.1, 0.15) is 42.9 Å². The molecule has 1 heterocycles. The summed E-state index contributed by atoms with van der Waals surface area (Å²) in [6.07, 6.45) is 1.87. The second kappa shape index (κ2) is 10.8. The van der Waals surface area contributed by atoms with Gasteiger partial charge in [-0.1, -0.05) is 23.4 Å². The zero-order valence-corrected chi connectivity index (χ0v) is 19.6. The first-order chi connectivity index (χ1) is 16.5. The molecule has 0 saturated carbocycles. The van der Waals surface area contributed by atoms with Gasteiger partial charge in [0.15, 0.2) is 0 Å². The monoisotopic (exact) mass is 462 g/mol. The van der Waals surface area contributed by atoms with Crippen LogP contribution >= 0.6 is 0 Å². The number of nitrogens with zero attached hydrogens (tertiary/aromatic N) is 4. The Hall–Kier alpha value is -3.25. The minimum absolute atomic E-state index is 0.0312. The number of hydrogen-bond donors (Lipinski definition) is 2. The van der Waals surface area contributed by atoms with Gasteiger partial charge in [-0.05, 0) is 61.9 Å². The Balaban J connectivity index is 1.59. The fourth-order valence-corrected chi connectivity index (χ4v) is 4.59. The Morgan fingerprint density at radius 3 is 2.71 bits per heavy atom. The van der Waals surface area contributed by atoms with E-state index in [2.05, 4.69) is 27.2 Å². The average Bonchev–Trinajstić information content (AvgIpc) is 3.47.